The van der Waals surface area contributed by atoms with Gasteiger partial charge in [-0.05, 0) is 30.2 Å². The smallest absolute Gasteiger partial charge is 0.124 e. The second-order valence-corrected chi connectivity index (χ2v) is 4.96. The number of ether oxygens (including phenoxy) is 1. The normalized spacial score (nSPS) is 10.5. The summed E-state index contributed by atoms with van der Waals surface area (Å²) in [5.74, 6) is 0.462. The van der Waals surface area contributed by atoms with Gasteiger partial charge < -0.3 is 9.84 Å². The molecule has 19 heavy (non-hydrogen) atoms. The Labute approximate surface area is 120 Å². The van der Waals surface area contributed by atoms with Gasteiger partial charge in [-0.15, -0.1) is 0 Å². The van der Waals surface area contributed by atoms with E-state index in [1.54, 1.807) is 6.07 Å². The summed E-state index contributed by atoms with van der Waals surface area (Å²) in [4.78, 5) is 0. The number of rotatable bonds is 5. The molecule has 0 amide bonds. The van der Waals surface area contributed by atoms with Crippen molar-refractivity contribution in [3.05, 3.63) is 63.9 Å². The quantitative estimate of drug-likeness (QED) is 0.908. The van der Waals surface area contributed by atoms with Crippen molar-refractivity contribution in [2.24, 2.45) is 0 Å². The first-order chi connectivity index (χ1) is 9.20. The molecule has 0 heterocycles. The van der Waals surface area contributed by atoms with Crippen LogP contribution in [0.15, 0.2) is 46.9 Å². The summed E-state index contributed by atoms with van der Waals surface area (Å²) in [6, 6.07) is 12.1. The van der Waals surface area contributed by atoms with E-state index in [4.69, 9.17) is 9.84 Å². The van der Waals surface area contributed by atoms with E-state index in [1.807, 2.05) is 24.3 Å². The minimum absolute atomic E-state index is 0.0839. The number of hydrogen-bond acceptors (Lipinski definition) is 2. The van der Waals surface area contributed by atoms with Gasteiger partial charge in [-0.3, -0.25) is 0 Å². The van der Waals surface area contributed by atoms with E-state index in [-0.39, 0.29) is 12.4 Å². The van der Waals surface area contributed by atoms with Crippen LogP contribution in [0.4, 0.5) is 4.39 Å². The lowest BCUT2D eigenvalue weighted by Gasteiger charge is -2.11. The van der Waals surface area contributed by atoms with Gasteiger partial charge in [0.1, 0.15) is 18.2 Å². The third-order valence-electron chi connectivity index (χ3n) is 2.75. The first kappa shape index (κ1) is 14.0. The number of aliphatic hydroxyl groups is 1. The highest BCUT2D eigenvalue weighted by Crippen LogP contribution is 2.23. The molecule has 2 aromatic rings. The summed E-state index contributed by atoms with van der Waals surface area (Å²) in [7, 11) is 0. The van der Waals surface area contributed by atoms with E-state index in [9.17, 15) is 4.39 Å². The first-order valence-electron chi connectivity index (χ1n) is 5.96. The number of para-hydroxylation sites is 1. The molecule has 1 N–H and O–H groups in total. The predicted molar refractivity (Wildman–Crippen MR) is 75.7 cm³/mol. The summed E-state index contributed by atoms with van der Waals surface area (Å²) in [6.07, 6.45) is 0.556. The van der Waals surface area contributed by atoms with Crippen LogP contribution in [-0.4, -0.2) is 11.7 Å². The Hall–Kier alpha value is -1.39. The lowest BCUT2D eigenvalue weighted by atomic mass is 10.1. The Balaban J connectivity index is 2.10. The molecule has 0 bridgehead atoms. The van der Waals surface area contributed by atoms with Crippen LogP contribution < -0.4 is 4.74 Å². The SMILES string of the molecule is OCCc1ccccc1OCc1ccc(F)cc1Br. The molecule has 2 nitrogen and oxygen atoms in total. The van der Waals surface area contributed by atoms with Crippen LogP contribution in [0.5, 0.6) is 5.75 Å². The van der Waals surface area contributed by atoms with Gasteiger partial charge in [0.25, 0.3) is 0 Å². The standard InChI is InChI=1S/C15H14BrFO2/c16-14-9-13(17)6-5-12(14)10-19-15-4-2-1-3-11(15)7-8-18/h1-6,9,18H,7-8,10H2. The monoisotopic (exact) mass is 324 g/mol. The number of hydrogen-bond donors (Lipinski definition) is 1. The van der Waals surface area contributed by atoms with Crippen molar-refractivity contribution in [3.63, 3.8) is 0 Å². The van der Waals surface area contributed by atoms with E-state index in [0.717, 1.165) is 16.9 Å². The van der Waals surface area contributed by atoms with Crippen molar-refractivity contribution in [1.29, 1.82) is 0 Å². The maximum Gasteiger partial charge on any atom is 0.124 e. The van der Waals surface area contributed by atoms with E-state index >= 15 is 0 Å². The molecule has 0 fully saturated rings. The van der Waals surface area contributed by atoms with Gasteiger partial charge in [0.15, 0.2) is 0 Å². The predicted octanol–water partition coefficient (Wildman–Crippen LogP) is 3.70. The molecular formula is C15H14BrFO2. The van der Waals surface area contributed by atoms with Crippen molar-refractivity contribution >= 4 is 15.9 Å². The Morgan fingerprint density at radius 1 is 1.11 bits per heavy atom. The summed E-state index contributed by atoms with van der Waals surface area (Å²) in [6.45, 7) is 0.434. The molecule has 0 aliphatic carbocycles. The average molecular weight is 325 g/mol. The van der Waals surface area contributed by atoms with E-state index in [2.05, 4.69) is 15.9 Å². The molecule has 2 aromatic carbocycles. The van der Waals surface area contributed by atoms with Crippen LogP contribution in [0.1, 0.15) is 11.1 Å². The first-order valence-corrected chi connectivity index (χ1v) is 6.75. The molecule has 0 aromatic heterocycles. The van der Waals surface area contributed by atoms with Crippen molar-refractivity contribution in [3.8, 4) is 5.75 Å². The molecule has 0 saturated heterocycles. The summed E-state index contributed by atoms with van der Waals surface area (Å²) >= 11 is 3.31. The minimum atomic E-state index is -0.281. The largest absolute Gasteiger partial charge is 0.489 e. The molecule has 0 radical (unpaired) electrons. The summed E-state index contributed by atoms with van der Waals surface area (Å²) in [5.41, 5.74) is 1.84. The van der Waals surface area contributed by atoms with Crippen molar-refractivity contribution in [2.45, 2.75) is 13.0 Å². The second-order valence-electron chi connectivity index (χ2n) is 4.11. The molecular weight excluding hydrogens is 311 g/mol. The van der Waals surface area contributed by atoms with Gasteiger partial charge in [-0.1, -0.05) is 40.2 Å². The maximum absolute atomic E-state index is 13.0. The molecule has 100 valence electrons. The van der Waals surface area contributed by atoms with Crippen LogP contribution in [0.25, 0.3) is 0 Å². The highest BCUT2D eigenvalue weighted by Gasteiger charge is 2.05. The number of benzene rings is 2. The van der Waals surface area contributed by atoms with Crippen LogP contribution in [0, 0.1) is 5.82 Å². The highest BCUT2D eigenvalue weighted by atomic mass is 79.9. The van der Waals surface area contributed by atoms with Crippen LogP contribution in [-0.2, 0) is 13.0 Å². The average Bonchev–Trinajstić information content (AvgIpc) is 2.40. The third-order valence-corrected chi connectivity index (χ3v) is 3.49. The molecule has 0 atom stereocenters. The van der Waals surface area contributed by atoms with Crippen molar-refractivity contribution in [1.82, 2.24) is 0 Å². The Bertz CT molecular complexity index is 558. The fourth-order valence-electron chi connectivity index (χ4n) is 1.77. The van der Waals surface area contributed by atoms with Crippen molar-refractivity contribution < 1.29 is 14.2 Å². The Morgan fingerprint density at radius 2 is 1.89 bits per heavy atom. The fraction of sp³-hybridized carbons (Fsp3) is 0.200. The van der Waals surface area contributed by atoms with Gasteiger partial charge >= 0.3 is 0 Å². The minimum Gasteiger partial charge on any atom is -0.489 e. The lowest BCUT2D eigenvalue weighted by Crippen LogP contribution is -2.01. The Kier molecular flexibility index (Phi) is 4.93. The topological polar surface area (TPSA) is 29.5 Å². The third kappa shape index (κ3) is 3.78. The zero-order valence-corrected chi connectivity index (χ0v) is 11.9. The van der Waals surface area contributed by atoms with Crippen LogP contribution >= 0.6 is 15.9 Å². The molecule has 0 saturated carbocycles. The fourth-order valence-corrected chi connectivity index (χ4v) is 2.23. The van der Waals surface area contributed by atoms with Crippen LogP contribution in [0.3, 0.4) is 0 Å². The van der Waals surface area contributed by atoms with Crippen LogP contribution in [0.2, 0.25) is 0 Å². The molecule has 0 spiro atoms. The number of aliphatic hydroxyl groups excluding tert-OH is 1. The van der Waals surface area contributed by atoms with E-state index in [0.29, 0.717) is 17.5 Å². The second kappa shape index (κ2) is 6.68. The molecule has 4 heteroatoms. The zero-order valence-electron chi connectivity index (χ0n) is 10.3. The maximum atomic E-state index is 13.0. The van der Waals surface area contributed by atoms with Crippen molar-refractivity contribution in [2.75, 3.05) is 6.61 Å². The number of halogens is 2. The molecule has 2 rings (SSSR count). The van der Waals surface area contributed by atoms with E-state index in [1.165, 1.54) is 12.1 Å². The molecule has 0 unspecified atom stereocenters. The molecule has 0 aliphatic rings. The van der Waals surface area contributed by atoms with Gasteiger partial charge in [0.05, 0.1) is 0 Å². The van der Waals surface area contributed by atoms with E-state index < -0.39 is 0 Å². The zero-order chi connectivity index (χ0) is 13.7. The lowest BCUT2D eigenvalue weighted by molar-refractivity contribution is 0.283. The van der Waals surface area contributed by atoms with Gasteiger partial charge in [-0.2, -0.15) is 0 Å². The van der Waals surface area contributed by atoms with Gasteiger partial charge in [0, 0.05) is 16.6 Å². The Morgan fingerprint density at radius 3 is 2.63 bits per heavy atom. The van der Waals surface area contributed by atoms with Gasteiger partial charge in [-0.25, -0.2) is 4.39 Å². The highest BCUT2D eigenvalue weighted by molar-refractivity contribution is 9.10. The summed E-state index contributed by atoms with van der Waals surface area (Å²) < 4.78 is 19.4. The summed E-state index contributed by atoms with van der Waals surface area (Å²) in [5, 5.41) is 9.00. The molecule has 0 aliphatic heterocycles. The van der Waals surface area contributed by atoms with Gasteiger partial charge in [0.2, 0.25) is 0 Å².